The molecule has 1 saturated heterocycles. The Hall–Kier alpha value is -3.86. The summed E-state index contributed by atoms with van der Waals surface area (Å²) in [5.74, 6) is 0.269. The summed E-state index contributed by atoms with van der Waals surface area (Å²) < 4.78 is 54.5. The van der Waals surface area contributed by atoms with Crippen molar-refractivity contribution in [2.75, 3.05) is 24.5 Å². The molecular weight excluding hydrogens is 524 g/mol. The van der Waals surface area contributed by atoms with Crippen LogP contribution in [0.25, 0.3) is 22.3 Å². The molecular formula is C29H28F4N6O. The van der Waals surface area contributed by atoms with E-state index < -0.39 is 17.9 Å². The average Bonchev–Trinajstić information content (AvgIpc) is 3.24. The number of rotatable bonds is 4. The van der Waals surface area contributed by atoms with Crippen molar-refractivity contribution in [2.45, 2.75) is 52.1 Å². The Bertz CT molecular complexity index is 1610. The summed E-state index contributed by atoms with van der Waals surface area (Å²) in [6.45, 7) is 6.82. The highest BCUT2D eigenvalue weighted by Gasteiger charge is 2.32. The van der Waals surface area contributed by atoms with Crippen molar-refractivity contribution in [1.29, 1.82) is 0 Å². The van der Waals surface area contributed by atoms with Gasteiger partial charge < -0.3 is 4.90 Å². The van der Waals surface area contributed by atoms with Crippen LogP contribution in [0.2, 0.25) is 0 Å². The van der Waals surface area contributed by atoms with E-state index in [4.69, 9.17) is 5.10 Å². The second-order valence-electron chi connectivity index (χ2n) is 10.5. The van der Waals surface area contributed by atoms with Crippen LogP contribution in [-0.2, 0) is 19.3 Å². The molecule has 7 nitrogen and oxygen atoms in total. The summed E-state index contributed by atoms with van der Waals surface area (Å²) in [6.07, 6.45) is -2.73. The van der Waals surface area contributed by atoms with E-state index in [0.717, 1.165) is 34.6 Å². The number of hydrogen-bond donors (Lipinski definition) is 0. The molecule has 0 saturated carbocycles. The molecule has 0 bridgehead atoms. The van der Waals surface area contributed by atoms with Crippen molar-refractivity contribution in [3.8, 4) is 11.4 Å². The molecule has 0 N–H and O–H groups in total. The average molecular weight is 553 g/mol. The first-order valence-corrected chi connectivity index (χ1v) is 13.3. The number of aromatic nitrogens is 4. The zero-order chi connectivity index (χ0) is 28.2. The van der Waals surface area contributed by atoms with Crippen molar-refractivity contribution < 1.29 is 22.4 Å². The summed E-state index contributed by atoms with van der Waals surface area (Å²) in [5, 5.41) is 5.03. The maximum absolute atomic E-state index is 13.6. The summed E-state index contributed by atoms with van der Waals surface area (Å²) in [4.78, 5) is 26.3. The molecule has 2 aliphatic heterocycles. The topological polar surface area (TPSA) is 67.2 Å². The summed E-state index contributed by atoms with van der Waals surface area (Å²) in [6, 6.07) is 8.96. The van der Waals surface area contributed by atoms with Crippen LogP contribution in [0.1, 0.15) is 45.7 Å². The molecule has 0 atom stereocenters. The third kappa shape index (κ3) is 4.83. The Balaban J connectivity index is 1.23. The fourth-order valence-corrected chi connectivity index (χ4v) is 5.56. The van der Waals surface area contributed by atoms with Gasteiger partial charge in [-0.05, 0) is 68.7 Å². The van der Waals surface area contributed by atoms with Crippen LogP contribution in [0.4, 0.5) is 23.2 Å². The number of halogens is 4. The lowest BCUT2D eigenvalue weighted by atomic mass is 10.1. The minimum absolute atomic E-state index is 0.122. The van der Waals surface area contributed by atoms with Crippen LogP contribution < -0.4 is 4.90 Å². The number of anilines is 1. The van der Waals surface area contributed by atoms with Crippen LogP contribution in [0.15, 0.2) is 42.6 Å². The number of nitrogens with zero attached hydrogens (tertiary/aromatic N) is 6. The minimum atomic E-state index is -4.43. The molecule has 1 fully saturated rings. The molecule has 208 valence electrons. The monoisotopic (exact) mass is 552 g/mol. The molecule has 4 aromatic rings. The molecule has 0 radical (unpaired) electrons. The first-order chi connectivity index (χ1) is 19.1. The van der Waals surface area contributed by atoms with Crippen LogP contribution in [0, 0.1) is 13.8 Å². The van der Waals surface area contributed by atoms with Crippen molar-refractivity contribution >= 4 is 22.5 Å². The van der Waals surface area contributed by atoms with Gasteiger partial charge in [-0.1, -0.05) is 0 Å². The van der Waals surface area contributed by atoms with Gasteiger partial charge >= 0.3 is 6.18 Å². The van der Waals surface area contributed by atoms with Gasteiger partial charge in [0.15, 0.2) is 5.82 Å². The predicted octanol–water partition coefficient (Wildman–Crippen LogP) is 5.72. The second-order valence-corrected chi connectivity index (χ2v) is 10.5. The van der Waals surface area contributed by atoms with E-state index in [9.17, 15) is 22.4 Å². The number of alkyl halides is 4. The number of fused-ring (bicyclic) bond motifs is 2. The summed E-state index contributed by atoms with van der Waals surface area (Å²) >= 11 is 0. The van der Waals surface area contributed by atoms with Gasteiger partial charge in [-0.2, -0.15) is 18.3 Å². The summed E-state index contributed by atoms with van der Waals surface area (Å²) in [5.41, 5.74) is 4.27. The van der Waals surface area contributed by atoms with Crippen molar-refractivity contribution in [1.82, 2.24) is 24.6 Å². The lowest BCUT2D eigenvalue weighted by Crippen LogP contribution is -2.41. The zero-order valence-corrected chi connectivity index (χ0v) is 22.2. The standard InChI is InChI=1S/C29H28F4N6O/c1-17-13-19(27-34-15-20-14-21(29(31,32)33)4-5-23(20)35-27)3-6-25(17)38-11-12-39-26(28(38)40)18(2)24(36-39)16-37-9-7-22(30)8-10-37/h3-6,13-15,22H,7-12,16H2,1-2H3. The molecule has 40 heavy (non-hydrogen) atoms. The maximum atomic E-state index is 13.6. The van der Waals surface area contributed by atoms with E-state index >= 15 is 0 Å². The molecule has 0 spiro atoms. The van der Waals surface area contributed by atoms with Crippen LogP contribution in [0.5, 0.6) is 0 Å². The first kappa shape index (κ1) is 26.4. The predicted molar refractivity (Wildman–Crippen MR) is 143 cm³/mol. The number of carbonyl (C=O) groups is 1. The van der Waals surface area contributed by atoms with Gasteiger partial charge in [0.1, 0.15) is 11.9 Å². The van der Waals surface area contributed by atoms with Gasteiger partial charge in [-0.3, -0.25) is 14.4 Å². The number of likely N-dealkylation sites (tertiary alicyclic amines) is 1. The molecule has 0 aliphatic carbocycles. The minimum Gasteiger partial charge on any atom is -0.305 e. The molecule has 2 aromatic heterocycles. The number of hydrogen-bond acceptors (Lipinski definition) is 5. The highest BCUT2D eigenvalue weighted by molar-refractivity contribution is 6.07. The van der Waals surface area contributed by atoms with E-state index in [1.807, 2.05) is 32.0 Å². The molecule has 0 unspecified atom stereocenters. The van der Waals surface area contributed by atoms with Gasteiger partial charge in [0.2, 0.25) is 0 Å². The van der Waals surface area contributed by atoms with Crippen LogP contribution >= 0.6 is 0 Å². The zero-order valence-electron chi connectivity index (χ0n) is 22.2. The Morgan fingerprint density at radius 3 is 2.50 bits per heavy atom. The molecule has 2 aliphatic rings. The van der Waals surface area contributed by atoms with E-state index in [2.05, 4.69) is 14.9 Å². The lowest BCUT2D eigenvalue weighted by molar-refractivity contribution is -0.137. The number of amides is 1. The van der Waals surface area contributed by atoms with Gasteiger partial charge in [-0.15, -0.1) is 0 Å². The Morgan fingerprint density at radius 1 is 1.00 bits per heavy atom. The maximum Gasteiger partial charge on any atom is 0.416 e. The fraction of sp³-hybridized carbons (Fsp3) is 0.379. The van der Waals surface area contributed by atoms with E-state index in [0.29, 0.717) is 73.6 Å². The van der Waals surface area contributed by atoms with E-state index in [1.165, 1.54) is 12.3 Å². The van der Waals surface area contributed by atoms with Gasteiger partial charge in [0.05, 0.1) is 23.3 Å². The number of aryl methyl sites for hydroxylation is 1. The largest absolute Gasteiger partial charge is 0.416 e. The molecule has 1 amide bonds. The SMILES string of the molecule is Cc1cc(-c2ncc3cc(C(F)(F)F)ccc3n2)ccc1N1CCn2nc(CN3CCC(F)CC3)c(C)c2C1=O. The summed E-state index contributed by atoms with van der Waals surface area (Å²) in [7, 11) is 0. The van der Waals surface area contributed by atoms with Crippen molar-refractivity contribution in [2.24, 2.45) is 0 Å². The van der Waals surface area contributed by atoms with Crippen molar-refractivity contribution in [3.05, 3.63) is 70.7 Å². The van der Waals surface area contributed by atoms with E-state index in [-0.39, 0.29) is 5.91 Å². The molecule has 6 rings (SSSR count). The smallest absolute Gasteiger partial charge is 0.305 e. The number of benzene rings is 2. The second kappa shape index (κ2) is 9.96. The molecule has 11 heteroatoms. The van der Waals surface area contributed by atoms with Crippen LogP contribution in [0.3, 0.4) is 0 Å². The fourth-order valence-electron chi connectivity index (χ4n) is 5.56. The third-order valence-electron chi connectivity index (χ3n) is 7.81. The third-order valence-corrected chi connectivity index (χ3v) is 7.81. The normalized spacial score (nSPS) is 17.1. The molecule has 4 heterocycles. The lowest BCUT2D eigenvalue weighted by Gasteiger charge is -2.29. The Kier molecular flexibility index (Phi) is 6.56. The number of carbonyl (C=O) groups excluding carboxylic acids is 1. The highest BCUT2D eigenvalue weighted by atomic mass is 19.4. The Labute approximate surface area is 228 Å². The number of piperidine rings is 1. The van der Waals surface area contributed by atoms with Crippen LogP contribution in [-0.4, -0.2) is 56.4 Å². The van der Waals surface area contributed by atoms with Gasteiger partial charge in [0, 0.05) is 54.6 Å². The quantitative estimate of drug-likeness (QED) is 0.303. The van der Waals surface area contributed by atoms with Gasteiger partial charge in [-0.25, -0.2) is 14.4 Å². The first-order valence-electron chi connectivity index (χ1n) is 13.3. The molecule has 2 aromatic carbocycles. The van der Waals surface area contributed by atoms with E-state index in [1.54, 1.807) is 9.58 Å². The van der Waals surface area contributed by atoms with Crippen molar-refractivity contribution in [3.63, 3.8) is 0 Å². The highest BCUT2D eigenvalue weighted by Crippen LogP contribution is 2.33. The van der Waals surface area contributed by atoms with Gasteiger partial charge in [0.25, 0.3) is 5.91 Å². The Morgan fingerprint density at radius 2 is 1.77 bits per heavy atom.